The molecule has 1 atom stereocenters. The summed E-state index contributed by atoms with van der Waals surface area (Å²) in [6, 6.07) is 5.64. The van der Waals surface area contributed by atoms with Crippen molar-refractivity contribution in [1.82, 2.24) is 14.4 Å². The molecule has 2 heterocycles. The lowest BCUT2D eigenvalue weighted by Crippen LogP contribution is -2.42. The van der Waals surface area contributed by atoms with Crippen LogP contribution >= 0.6 is 11.6 Å². The zero-order valence-electron chi connectivity index (χ0n) is 23.0. The van der Waals surface area contributed by atoms with E-state index in [2.05, 4.69) is 9.71 Å². The topological polar surface area (TPSA) is 134 Å². The summed E-state index contributed by atoms with van der Waals surface area (Å²) in [6.07, 6.45) is -2.95. The third-order valence-corrected chi connectivity index (χ3v) is 7.02. The summed E-state index contributed by atoms with van der Waals surface area (Å²) in [4.78, 5) is 15.7. The van der Waals surface area contributed by atoms with Crippen molar-refractivity contribution in [1.29, 1.82) is 0 Å². The summed E-state index contributed by atoms with van der Waals surface area (Å²) in [7, 11) is -4.13. The monoisotopic (exact) mass is 639 g/mol. The molecule has 2 N–H and O–H groups in total. The van der Waals surface area contributed by atoms with Gasteiger partial charge in [0.2, 0.25) is 5.88 Å². The molecule has 0 radical (unpaired) electrons. The van der Waals surface area contributed by atoms with Crippen molar-refractivity contribution in [3.8, 4) is 17.4 Å². The number of hydrogen-bond donors (Lipinski definition) is 2. The van der Waals surface area contributed by atoms with Gasteiger partial charge < -0.3 is 23.7 Å². The molecule has 0 aliphatic carbocycles. The van der Waals surface area contributed by atoms with E-state index in [0.717, 1.165) is 12.8 Å². The second-order valence-corrected chi connectivity index (χ2v) is 11.4. The summed E-state index contributed by atoms with van der Waals surface area (Å²) in [5, 5.41) is -0.341. The molecule has 3 rings (SSSR count). The first-order valence-electron chi connectivity index (χ1n) is 13.2. The van der Waals surface area contributed by atoms with Gasteiger partial charge in [0.1, 0.15) is 23.1 Å². The molecular weight excluding hydrogens is 607 g/mol. The zero-order chi connectivity index (χ0) is 30.8. The Bertz CT molecular complexity index is 1290. The van der Waals surface area contributed by atoms with Gasteiger partial charge in [0.15, 0.2) is 0 Å². The standard InChI is InChI=1S/C26H33ClF3N3O8S/c1-17(2)37-12-9-32-42(35,36)33-25(34)39-11-3-5-18-7-8-20(40-16-21-6-4-10-38-21)14-23(18)41-24-22(27)13-19(15-31-24)26(28,29)30/h7-8,13-15,17,21,32H,3-6,9-12,16H2,1-2H3,(H,33,34). The number of halogens is 4. The second kappa shape index (κ2) is 15.6. The van der Waals surface area contributed by atoms with Gasteiger partial charge in [0.25, 0.3) is 0 Å². The van der Waals surface area contributed by atoms with Gasteiger partial charge in [-0.3, -0.25) is 0 Å². The van der Waals surface area contributed by atoms with Crippen LogP contribution in [-0.4, -0.2) is 64.7 Å². The van der Waals surface area contributed by atoms with Crippen LogP contribution in [0.2, 0.25) is 5.02 Å². The minimum absolute atomic E-state index is 0.0330. The second-order valence-electron chi connectivity index (χ2n) is 9.49. The number of hydrogen-bond acceptors (Lipinski definition) is 9. The predicted molar refractivity (Wildman–Crippen MR) is 146 cm³/mol. The van der Waals surface area contributed by atoms with Crippen molar-refractivity contribution >= 4 is 27.9 Å². The van der Waals surface area contributed by atoms with Gasteiger partial charge in [-0.25, -0.2) is 14.5 Å². The summed E-state index contributed by atoms with van der Waals surface area (Å²) in [6.45, 7) is 4.52. The third kappa shape index (κ3) is 11.4. The number of nitrogens with one attached hydrogen (secondary N) is 2. The first-order chi connectivity index (χ1) is 19.8. The van der Waals surface area contributed by atoms with Gasteiger partial charge in [-0.15, -0.1) is 0 Å². The molecule has 1 aliphatic rings. The number of ether oxygens (including phenoxy) is 5. The molecule has 2 aromatic rings. The van der Waals surface area contributed by atoms with Gasteiger partial charge in [-0.2, -0.15) is 26.3 Å². The normalized spacial score (nSPS) is 15.5. The fourth-order valence-electron chi connectivity index (χ4n) is 3.72. The Morgan fingerprint density at radius 2 is 2.02 bits per heavy atom. The van der Waals surface area contributed by atoms with E-state index in [4.69, 9.17) is 35.3 Å². The summed E-state index contributed by atoms with van der Waals surface area (Å²) in [5.74, 6) is 0.405. The van der Waals surface area contributed by atoms with Crippen molar-refractivity contribution < 1.29 is 50.1 Å². The van der Waals surface area contributed by atoms with E-state index in [9.17, 15) is 26.4 Å². The molecule has 1 amide bonds. The minimum atomic E-state index is -4.62. The molecule has 42 heavy (non-hydrogen) atoms. The van der Waals surface area contributed by atoms with Crippen LogP contribution in [0, 0.1) is 0 Å². The highest BCUT2D eigenvalue weighted by atomic mass is 35.5. The fourth-order valence-corrected chi connectivity index (χ4v) is 4.63. The highest BCUT2D eigenvalue weighted by Gasteiger charge is 2.32. The molecule has 0 saturated carbocycles. The smallest absolute Gasteiger partial charge is 0.421 e. The predicted octanol–water partition coefficient (Wildman–Crippen LogP) is 5.02. The number of benzene rings is 1. The van der Waals surface area contributed by atoms with Gasteiger partial charge in [-0.1, -0.05) is 17.7 Å². The third-order valence-electron chi connectivity index (χ3n) is 5.73. The van der Waals surface area contributed by atoms with Crippen molar-refractivity contribution in [2.24, 2.45) is 0 Å². The van der Waals surface area contributed by atoms with Crippen LogP contribution in [0.4, 0.5) is 18.0 Å². The van der Waals surface area contributed by atoms with Gasteiger partial charge in [0.05, 0.1) is 31.0 Å². The zero-order valence-corrected chi connectivity index (χ0v) is 24.6. The molecule has 1 fully saturated rings. The van der Waals surface area contributed by atoms with E-state index < -0.39 is 28.0 Å². The summed E-state index contributed by atoms with van der Waals surface area (Å²) < 4.78 is 94.2. The number of aryl methyl sites for hydroxylation is 1. The number of nitrogens with zero attached hydrogens (tertiary/aromatic N) is 1. The molecular formula is C26H33ClF3N3O8S. The van der Waals surface area contributed by atoms with Gasteiger partial charge in [-0.05, 0) is 57.2 Å². The lowest BCUT2D eigenvalue weighted by Gasteiger charge is -2.16. The van der Waals surface area contributed by atoms with E-state index in [1.54, 1.807) is 36.8 Å². The molecule has 1 unspecified atom stereocenters. The number of rotatable bonds is 15. The van der Waals surface area contributed by atoms with Crippen molar-refractivity contribution in [3.63, 3.8) is 0 Å². The van der Waals surface area contributed by atoms with Crippen LogP contribution in [0.3, 0.4) is 0 Å². The Kier molecular flexibility index (Phi) is 12.5. The van der Waals surface area contributed by atoms with Crippen molar-refractivity contribution in [3.05, 3.63) is 46.6 Å². The molecule has 234 valence electrons. The maximum atomic E-state index is 13.0. The number of pyridine rings is 1. The van der Waals surface area contributed by atoms with E-state index >= 15 is 0 Å². The fraction of sp³-hybridized carbons (Fsp3) is 0.538. The van der Waals surface area contributed by atoms with Crippen LogP contribution in [0.1, 0.15) is 44.2 Å². The molecule has 1 aromatic heterocycles. The molecule has 11 nitrogen and oxygen atoms in total. The van der Waals surface area contributed by atoms with E-state index in [1.807, 2.05) is 0 Å². The van der Waals surface area contributed by atoms with Crippen LogP contribution in [-0.2, 0) is 37.0 Å². The lowest BCUT2D eigenvalue weighted by atomic mass is 10.1. The number of aromatic nitrogens is 1. The van der Waals surface area contributed by atoms with Crippen LogP contribution < -0.4 is 18.9 Å². The maximum absolute atomic E-state index is 13.0. The Morgan fingerprint density at radius 3 is 2.69 bits per heavy atom. The first-order valence-corrected chi connectivity index (χ1v) is 15.0. The average molecular weight is 640 g/mol. The molecule has 1 aromatic carbocycles. The Morgan fingerprint density at radius 1 is 1.24 bits per heavy atom. The SMILES string of the molecule is CC(C)OCCNS(=O)(=O)NC(=O)OCCCc1ccc(OCC2CCCO2)cc1Oc1ncc(C(F)(F)F)cc1Cl. The van der Waals surface area contributed by atoms with E-state index in [1.165, 1.54) is 0 Å². The molecule has 1 saturated heterocycles. The number of alkyl halides is 3. The molecule has 16 heteroatoms. The quantitative estimate of drug-likeness (QED) is 0.258. The minimum Gasteiger partial charge on any atom is -0.491 e. The van der Waals surface area contributed by atoms with E-state index in [0.29, 0.717) is 36.8 Å². The first kappa shape index (κ1) is 33.6. The average Bonchev–Trinajstić information content (AvgIpc) is 3.43. The largest absolute Gasteiger partial charge is 0.491 e. The lowest BCUT2D eigenvalue weighted by molar-refractivity contribution is -0.137. The van der Waals surface area contributed by atoms with Gasteiger partial charge in [0, 0.05) is 25.4 Å². The molecule has 1 aliphatic heterocycles. The Balaban J connectivity index is 1.60. The molecule has 0 spiro atoms. The van der Waals surface area contributed by atoms with Crippen molar-refractivity contribution in [2.45, 2.75) is 57.9 Å². The highest BCUT2D eigenvalue weighted by Crippen LogP contribution is 2.36. The molecule has 0 bridgehead atoms. The van der Waals surface area contributed by atoms with Crippen molar-refractivity contribution in [2.75, 3.05) is 33.0 Å². The number of amides is 1. The van der Waals surface area contributed by atoms with E-state index in [-0.39, 0.29) is 61.5 Å². The number of carbonyl (C=O) groups excluding carboxylic acids is 1. The van der Waals surface area contributed by atoms with Crippen LogP contribution in [0.15, 0.2) is 30.5 Å². The number of carbonyl (C=O) groups is 1. The maximum Gasteiger partial charge on any atom is 0.421 e. The Labute approximate surface area is 247 Å². The van der Waals surface area contributed by atoms with Crippen LogP contribution in [0.5, 0.6) is 17.4 Å². The van der Waals surface area contributed by atoms with Crippen LogP contribution in [0.25, 0.3) is 0 Å². The highest BCUT2D eigenvalue weighted by molar-refractivity contribution is 7.88. The summed E-state index contributed by atoms with van der Waals surface area (Å²) >= 11 is 6.03. The Hall–Kier alpha value is -2.85. The summed E-state index contributed by atoms with van der Waals surface area (Å²) in [5.41, 5.74) is -0.439. The van der Waals surface area contributed by atoms with Gasteiger partial charge >= 0.3 is 22.5 Å².